The molecule has 1 atom stereocenters. The van der Waals surface area contributed by atoms with Crippen LogP contribution in [0.3, 0.4) is 0 Å². The van der Waals surface area contributed by atoms with E-state index in [0.29, 0.717) is 13.0 Å². The van der Waals surface area contributed by atoms with Crippen molar-refractivity contribution < 1.29 is 19.4 Å². The quantitative estimate of drug-likeness (QED) is 0.871. The predicted molar refractivity (Wildman–Crippen MR) is 65.8 cm³/mol. The van der Waals surface area contributed by atoms with E-state index >= 15 is 0 Å². The van der Waals surface area contributed by atoms with Gasteiger partial charge in [0.05, 0.1) is 5.69 Å². The number of benzene rings is 1. The Bertz CT molecular complexity index is 498. The standard InChI is InChI=1S/C13H15NO4/c1-8-4-3-5-10(9(8)2)14-7-6-11(12(15)16)18-13(14)17/h3-5,11H,6-7H2,1-2H3,(H,15,16). The van der Waals surface area contributed by atoms with Crippen molar-refractivity contribution in [3.63, 3.8) is 0 Å². The summed E-state index contributed by atoms with van der Waals surface area (Å²) in [6, 6.07) is 5.67. The normalized spacial score (nSPS) is 19.6. The fourth-order valence-electron chi connectivity index (χ4n) is 2.00. The Morgan fingerprint density at radius 2 is 2.17 bits per heavy atom. The number of cyclic esters (lactones) is 1. The Hall–Kier alpha value is -2.04. The van der Waals surface area contributed by atoms with E-state index in [0.717, 1.165) is 16.8 Å². The van der Waals surface area contributed by atoms with Gasteiger partial charge < -0.3 is 9.84 Å². The van der Waals surface area contributed by atoms with Crippen LogP contribution in [0.2, 0.25) is 0 Å². The van der Waals surface area contributed by atoms with Gasteiger partial charge in [-0.05, 0) is 31.0 Å². The van der Waals surface area contributed by atoms with Gasteiger partial charge in [-0.2, -0.15) is 0 Å². The Labute approximate surface area is 105 Å². The van der Waals surface area contributed by atoms with Crippen LogP contribution >= 0.6 is 0 Å². The van der Waals surface area contributed by atoms with Crippen LogP contribution in [0.25, 0.3) is 0 Å². The first-order valence-electron chi connectivity index (χ1n) is 5.78. The van der Waals surface area contributed by atoms with Crippen molar-refractivity contribution in [1.82, 2.24) is 0 Å². The maximum absolute atomic E-state index is 11.8. The summed E-state index contributed by atoms with van der Waals surface area (Å²) in [5, 5.41) is 8.82. The third-order valence-corrected chi connectivity index (χ3v) is 3.22. The summed E-state index contributed by atoms with van der Waals surface area (Å²) in [6.45, 7) is 4.26. The van der Waals surface area contributed by atoms with Gasteiger partial charge in [0.2, 0.25) is 6.10 Å². The lowest BCUT2D eigenvalue weighted by molar-refractivity contribution is -0.147. The molecule has 1 aliphatic rings. The van der Waals surface area contributed by atoms with E-state index in [1.807, 2.05) is 32.0 Å². The molecule has 96 valence electrons. The van der Waals surface area contributed by atoms with E-state index in [-0.39, 0.29) is 0 Å². The van der Waals surface area contributed by atoms with Crippen LogP contribution in [0.5, 0.6) is 0 Å². The predicted octanol–water partition coefficient (Wildman–Crippen LogP) is 2.10. The van der Waals surface area contributed by atoms with E-state index in [1.165, 1.54) is 4.90 Å². The van der Waals surface area contributed by atoms with Crippen molar-refractivity contribution in [3.05, 3.63) is 29.3 Å². The Morgan fingerprint density at radius 1 is 1.44 bits per heavy atom. The number of carbonyl (C=O) groups excluding carboxylic acids is 1. The van der Waals surface area contributed by atoms with Gasteiger partial charge in [-0.3, -0.25) is 4.90 Å². The number of amides is 1. The second-order valence-electron chi connectivity index (χ2n) is 4.37. The highest BCUT2D eigenvalue weighted by Gasteiger charge is 2.32. The maximum Gasteiger partial charge on any atom is 0.415 e. The topological polar surface area (TPSA) is 66.8 Å². The number of hydrogen-bond acceptors (Lipinski definition) is 3. The molecule has 0 aliphatic carbocycles. The molecule has 1 aromatic carbocycles. The van der Waals surface area contributed by atoms with E-state index in [4.69, 9.17) is 9.84 Å². The molecule has 1 unspecified atom stereocenters. The number of anilines is 1. The smallest absolute Gasteiger partial charge is 0.415 e. The summed E-state index contributed by atoms with van der Waals surface area (Å²) in [6.07, 6.45) is -1.32. The van der Waals surface area contributed by atoms with Crippen molar-refractivity contribution in [2.45, 2.75) is 26.4 Å². The summed E-state index contributed by atoms with van der Waals surface area (Å²) in [7, 11) is 0. The van der Waals surface area contributed by atoms with Crippen LogP contribution < -0.4 is 4.90 Å². The molecule has 0 saturated carbocycles. The molecule has 5 nitrogen and oxygen atoms in total. The number of carbonyl (C=O) groups is 2. The van der Waals surface area contributed by atoms with Gasteiger partial charge in [0, 0.05) is 13.0 Å². The fraction of sp³-hybridized carbons (Fsp3) is 0.385. The highest BCUT2D eigenvalue weighted by molar-refractivity contribution is 5.91. The average molecular weight is 249 g/mol. The van der Waals surface area contributed by atoms with Gasteiger partial charge in [-0.1, -0.05) is 12.1 Å². The van der Waals surface area contributed by atoms with Crippen LogP contribution in [-0.2, 0) is 9.53 Å². The van der Waals surface area contributed by atoms with Crippen molar-refractivity contribution in [2.24, 2.45) is 0 Å². The van der Waals surface area contributed by atoms with E-state index < -0.39 is 18.2 Å². The van der Waals surface area contributed by atoms with Crippen molar-refractivity contribution in [1.29, 1.82) is 0 Å². The van der Waals surface area contributed by atoms with Crippen LogP contribution in [-0.4, -0.2) is 29.8 Å². The number of aryl methyl sites for hydroxylation is 1. The van der Waals surface area contributed by atoms with Gasteiger partial charge in [0.1, 0.15) is 0 Å². The molecule has 18 heavy (non-hydrogen) atoms. The molecule has 1 N–H and O–H groups in total. The minimum atomic E-state index is -1.09. The van der Waals surface area contributed by atoms with Crippen LogP contribution in [0.15, 0.2) is 18.2 Å². The minimum absolute atomic E-state index is 0.300. The summed E-state index contributed by atoms with van der Waals surface area (Å²) >= 11 is 0. The third-order valence-electron chi connectivity index (χ3n) is 3.22. The van der Waals surface area contributed by atoms with Gasteiger partial charge in [0.15, 0.2) is 0 Å². The van der Waals surface area contributed by atoms with Crippen LogP contribution in [0.4, 0.5) is 10.5 Å². The lowest BCUT2D eigenvalue weighted by atomic mass is 10.1. The second kappa shape index (κ2) is 4.68. The summed E-state index contributed by atoms with van der Waals surface area (Å²) in [4.78, 5) is 24.1. The zero-order valence-electron chi connectivity index (χ0n) is 10.3. The molecule has 2 rings (SSSR count). The van der Waals surface area contributed by atoms with Gasteiger partial charge in [-0.15, -0.1) is 0 Å². The molecule has 0 aromatic heterocycles. The van der Waals surface area contributed by atoms with Gasteiger partial charge >= 0.3 is 12.1 Å². The number of carboxylic acid groups (broad SMARTS) is 1. The maximum atomic E-state index is 11.8. The lowest BCUT2D eigenvalue weighted by Gasteiger charge is -2.31. The van der Waals surface area contributed by atoms with E-state index in [1.54, 1.807) is 0 Å². The molecule has 0 spiro atoms. The number of nitrogens with zero attached hydrogens (tertiary/aromatic N) is 1. The molecule has 1 aromatic rings. The molecule has 1 aliphatic heterocycles. The SMILES string of the molecule is Cc1cccc(N2CCC(C(=O)O)OC2=O)c1C. The third kappa shape index (κ3) is 2.16. The molecule has 1 fully saturated rings. The first-order chi connectivity index (χ1) is 8.50. The van der Waals surface area contributed by atoms with Crippen molar-refractivity contribution in [3.8, 4) is 0 Å². The number of rotatable bonds is 2. The Kier molecular flexibility index (Phi) is 3.23. The summed E-state index contributed by atoms with van der Waals surface area (Å²) in [5.74, 6) is -1.09. The van der Waals surface area contributed by atoms with Crippen molar-refractivity contribution >= 4 is 17.7 Å². The summed E-state index contributed by atoms with van der Waals surface area (Å²) < 4.78 is 4.90. The molecule has 1 saturated heterocycles. The zero-order valence-corrected chi connectivity index (χ0v) is 10.3. The molecular weight excluding hydrogens is 234 g/mol. The van der Waals surface area contributed by atoms with Crippen LogP contribution in [0.1, 0.15) is 17.5 Å². The van der Waals surface area contributed by atoms with E-state index in [9.17, 15) is 9.59 Å². The number of ether oxygens (including phenoxy) is 1. The van der Waals surface area contributed by atoms with Gasteiger partial charge in [-0.25, -0.2) is 9.59 Å². The molecule has 1 amide bonds. The molecule has 1 heterocycles. The Morgan fingerprint density at radius 3 is 2.78 bits per heavy atom. The van der Waals surface area contributed by atoms with Crippen LogP contribution in [0, 0.1) is 13.8 Å². The number of hydrogen-bond donors (Lipinski definition) is 1. The molecule has 0 radical (unpaired) electrons. The Balaban J connectivity index is 2.23. The minimum Gasteiger partial charge on any atom is -0.479 e. The summed E-state index contributed by atoms with van der Waals surface area (Å²) in [5.41, 5.74) is 2.87. The highest BCUT2D eigenvalue weighted by atomic mass is 16.6. The molecule has 5 heteroatoms. The second-order valence-corrected chi connectivity index (χ2v) is 4.37. The molecule has 0 bridgehead atoms. The van der Waals surface area contributed by atoms with Gasteiger partial charge in [0.25, 0.3) is 0 Å². The number of carboxylic acids is 1. The first-order valence-corrected chi connectivity index (χ1v) is 5.78. The first kappa shape index (κ1) is 12.4. The lowest BCUT2D eigenvalue weighted by Crippen LogP contribution is -2.45. The zero-order chi connectivity index (χ0) is 13.3. The van der Waals surface area contributed by atoms with E-state index in [2.05, 4.69) is 0 Å². The van der Waals surface area contributed by atoms with Crippen molar-refractivity contribution in [2.75, 3.05) is 11.4 Å². The largest absolute Gasteiger partial charge is 0.479 e. The fourth-order valence-corrected chi connectivity index (χ4v) is 2.00. The average Bonchev–Trinajstić information content (AvgIpc) is 2.33. The molecular formula is C13H15NO4. The number of aliphatic carboxylic acids is 1. The highest BCUT2D eigenvalue weighted by Crippen LogP contribution is 2.26. The monoisotopic (exact) mass is 249 g/mol.